The average Bonchev–Trinajstić information content (AvgIpc) is 2.53. The summed E-state index contributed by atoms with van der Waals surface area (Å²) in [6, 6.07) is 0. The van der Waals surface area contributed by atoms with Crippen LogP contribution in [-0.4, -0.2) is 36.6 Å². The molecule has 0 radical (unpaired) electrons. The Hall–Kier alpha value is -0.120. The standard InChI is InChI=1S/C8H14O3/c1-2-5-3-10-8-6(9)4-11-7(5)8/h5-9H,2-4H2,1H3/t5-,6+,7-,8-/m1/s1. The lowest BCUT2D eigenvalue weighted by molar-refractivity contribution is 0.0168. The van der Waals surface area contributed by atoms with Gasteiger partial charge in [-0.3, -0.25) is 0 Å². The lowest BCUT2D eigenvalue weighted by Gasteiger charge is -2.12. The maximum atomic E-state index is 9.36. The van der Waals surface area contributed by atoms with E-state index >= 15 is 0 Å². The number of hydrogen-bond donors (Lipinski definition) is 1. The van der Waals surface area contributed by atoms with E-state index in [1.165, 1.54) is 0 Å². The van der Waals surface area contributed by atoms with Crippen molar-refractivity contribution in [2.45, 2.75) is 31.7 Å². The topological polar surface area (TPSA) is 38.7 Å². The van der Waals surface area contributed by atoms with Crippen LogP contribution < -0.4 is 0 Å². The maximum Gasteiger partial charge on any atom is 0.112 e. The Morgan fingerprint density at radius 1 is 1.27 bits per heavy atom. The van der Waals surface area contributed by atoms with Crippen molar-refractivity contribution < 1.29 is 14.6 Å². The van der Waals surface area contributed by atoms with Gasteiger partial charge in [-0.2, -0.15) is 0 Å². The summed E-state index contributed by atoms with van der Waals surface area (Å²) in [7, 11) is 0. The van der Waals surface area contributed by atoms with Gasteiger partial charge in [-0.05, 0) is 6.42 Å². The van der Waals surface area contributed by atoms with E-state index in [1.807, 2.05) is 0 Å². The van der Waals surface area contributed by atoms with Gasteiger partial charge in [0, 0.05) is 5.92 Å². The first kappa shape index (κ1) is 7.53. The lowest BCUT2D eigenvalue weighted by atomic mass is 9.99. The predicted octanol–water partition coefficient (Wildman–Crippen LogP) is 0.171. The van der Waals surface area contributed by atoms with Gasteiger partial charge in [0.15, 0.2) is 0 Å². The predicted molar refractivity (Wildman–Crippen MR) is 39.3 cm³/mol. The molecular weight excluding hydrogens is 144 g/mol. The summed E-state index contributed by atoms with van der Waals surface area (Å²) in [5.41, 5.74) is 0. The van der Waals surface area contributed by atoms with Gasteiger partial charge in [-0.15, -0.1) is 0 Å². The number of ether oxygens (including phenoxy) is 2. The molecule has 0 aromatic heterocycles. The van der Waals surface area contributed by atoms with Crippen LogP contribution in [0.5, 0.6) is 0 Å². The van der Waals surface area contributed by atoms with E-state index in [2.05, 4.69) is 6.92 Å². The van der Waals surface area contributed by atoms with Crippen molar-refractivity contribution in [1.29, 1.82) is 0 Å². The first-order valence-electron chi connectivity index (χ1n) is 4.24. The zero-order valence-electron chi connectivity index (χ0n) is 6.69. The van der Waals surface area contributed by atoms with Crippen molar-refractivity contribution >= 4 is 0 Å². The third kappa shape index (κ3) is 1.08. The van der Waals surface area contributed by atoms with E-state index in [0.717, 1.165) is 13.0 Å². The van der Waals surface area contributed by atoms with Crippen LogP contribution in [0.15, 0.2) is 0 Å². The highest BCUT2D eigenvalue weighted by atomic mass is 16.6. The number of aliphatic hydroxyl groups is 1. The monoisotopic (exact) mass is 158 g/mol. The van der Waals surface area contributed by atoms with Crippen LogP contribution in [0.25, 0.3) is 0 Å². The second-order valence-corrected chi connectivity index (χ2v) is 3.33. The van der Waals surface area contributed by atoms with Gasteiger partial charge >= 0.3 is 0 Å². The molecule has 11 heavy (non-hydrogen) atoms. The molecule has 1 N–H and O–H groups in total. The van der Waals surface area contributed by atoms with Crippen molar-refractivity contribution in [2.75, 3.05) is 13.2 Å². The Balaban J connectivity index is 2.04. The van der Waals surface area contributed by atoms with Crippen LogP contribution in [-0.2, 0) is 9.47 Å². The zero-order chi connectivity index (χ0) is 7.84. The van der Waals surface area contributed by atoms with E-state index in [9.17, 15) is 5.11 Å². The summed E-state index contributed by atoms with van der Waals surface area (Å²) in [5.74, 6) is 0.497. The molecule has 64 valence electrons. The van der Waals surface area contributed by atoms with Crippen LogP contribution in [0.4, 0.5) is 0 Å². The van der Waals surface area contributed by atoms with Gasteiger partial charge in [-0.25, -0.2) is 0 Å². The molecule has 2 fully saturated rings. The highest BCUT2D eigenvalue weighted by Gasteiger charge is 2.45. The van der Waals surface area contributed by atoms with E-state index in [0.29, 0.717) is 12.5 Å². The molecule has 0 saturated carbocycles. The number of fused-ring (bicyclic) bond motifs is 1. The number of aliphatic hydroxyl groups excluding tert-OH is 1. The Morgan fingerprint density at radius 2 is 2.00 bits per heavy atom. The summed E-state index contributed by atoms with van der Waals surface area (Å²) < 4.78 is 10.8. The van der Waals surface area contributed by atoms with Crippen LogP contribution in [0.2, 0.25) is 0 Å². The Labute approximate surface area is 66.3 Å². The molecule has 0 amide bonds. The Kier molecular flexibility index (Phi) is 1.87. The minimum Gasteiger partial charge on any atom is -0.388 e. The molecule has 4 atom stereocenters. The first-order chi connectivity index (χ1) is 5.33. The third-order valence-electron chi connectivity index (χ3n) is 2.65. The first-order valence-corrected chi connectivity index (χ1v) is 4.24. The molecule has 2 aliphatic heterocycles. The molecule has 0 aromatic rings. The molecular formula is C8H14O3. The molecule has 2 saturated heterocycles. The fourth-order valence-corrected chi connectivity index (χ4v) is 1.91. The van der Waals surface area contributed by atoms with Crippen molar-refractivity contribution in [1.82, 2.24) is 0 Å². The molecule has 0 aliphatic carbocycles. The average molecular weight is 158 g/mol. The van der Waals surface area contributed by atoms with Gasteiger partial charge in [0.1, 0.15) is 12.2 Å². The van der Waals surface area contributed by atoms with E-state index in [4.69, 9.17) is 9.47 Å². The lowest BCUT2D eigenvalue weighted by Crippen LogP contribution is -2.28. The van der Waals surface area contributed by atoms with Crippen LogP contribution in [0.3, 0.4) is 0 Å². The summed E-state index contributed by atoms with van der Waals surface area (Å²) in [6.45, 7) is 3.33. The SMILES string of the molecule is CC[C@@H]1CO[C@H]2[C@@H]1OC[C@@H]2O. The van der Waals surface area contributed by atoms with Gasteiger partial charge < -0.3 is 14.6 Å². The molecule has 3 nitrogen and oxygen atoms in total. The highest BCUT2D eigenvalue weighted by molar-refractivity contribution is 4.93. The zero-order valence-corrected chi connectivity index (χ0v) is 6.69. The van der Waals surface area contributed by atoms with Crippen LogP contribution in [0.1, 0.15) is 13.3 Å². The van der Waals surface area contributed by atoms with Gasteiger partial charge in [0.25, 0.3) is 0 Å². The van der Waals surface area contributed by atoms with E-state index < -0.39 is 6.10 Å². The quantitative estimate of drug-likeness (QED) is 0.591. The van der Waals surface area contributed by atoms with Gasteiger partial charge in [0.05, 0.1) is 19.3 Å². The van der Waals surface area contributed by atoms with Crippen molar-refractivity contribution in [3.8, 4) is 0 Å². The summed E-state index contributed by atoms with van der Waals surface area (Å²) >= 11 is 0. The normalized spacial score (nSPS) is 49.6. The largest absolute Gasteiger partial charge is 0.388 e. The molecule has 0 aromatic carbocycles. The Bertz CT molecular complexity index is 148. The Morgan fingerprint density at radius 3 is 2.73 bits per heavy atom. The summed E-state index contributed by atoms with van der Waals surface area (Å²) in [4.78, 5) is 0. The van der Waals surface area contributed by atoms with Gasteiger partial charge in [-0.1, -0.05) is 6.92 Å². The molecule has 3 heteroatoms. The van der Waals surface area contributed by atoms with Gasteiger partial charge in [0.2, 0.25) is 0 Å². The van der Waals surface area contributed by atoms with Crippen LogP contribution in [0, 0.1) is 5.92 Å². The molecule has 0 spiro atoms. The molecule has 0 bridgehead atoms. The minimum absolute atomic E-state index is 0.0417. The van der Waals surface area contributed by atoms with Crippen molar-refractivity contribution in [2.24, 2.45) is 5.92 Å². The molecule has 2 heterocycles. The van der Waals surface area contributed by atoms with E-state index in [-0.39, 0.29) is 12.2 Å². The number of rotatable bonds is 1. The third-order valence-corrected chi connectivity index (χ3v) is 2.65. The molecule has 0 unspecified atom stereocenters. The highest BCUT2D eigenvalue weighted by Crippen LogP contribution is 2.32. The van der Waals surface area contributed by atoms with Crippen LogP contribution >= 0.6 is 0 Å². The molecule has 2 rings (SSSR count). The van der Waals surface area contributed by atoms with E-state index in [1.54, 1.807) is 0 Å². The second-order valence-electron chi connectivity index (χ2n) is 3.33. The molecule has 2 aliphatic rings. The second kappa shape index (κ2) is 2.73. The fraction of sp³-hybridized carbons (Fsp3) is 1.00. The minimum atomic E-state index is -0.392. The van der Waals surface area contributed by atoms with Crippen molar-refractivity contribution in [3.05, 3.63) is 0 Å². The maximum absolute atomic E-state index is 9.36. The van der Waals surface area contributed by atoms with Crippen molar-refractivity contribution in [3.63, 3.8) is 0 Å². The summed E-state index contributed by atoms with van der Waals surface area (Å²) in [6.07, 6.45) is 0.806. The summed E-state index contributed by atoms with van der Waals surface area (Å²) in [5, 5.41) is 9.36. The number of hydrogen-bond acceptors (Lipinski definition) is 3. The fourth-order valence-electron chi connectivity index (χ4n) is 1.91. The smallest absolute Gasteiger partial charge is 0.112 e.